The summed E-state index contributed by atoms with van der Waals surface area (Å²) in [5, 5.41) is 3.16. The molecule has 30 heavy (non-hydrogen) atoms. The Bertz CT molecular complexity index is 1270. The summed E-state index contributed by atoms with van der Waals surface area (Å²) in [7, 11) is 0. The highest BCUT2D eigenvalue weighted by Gasteiger charge is 2.14. The number of carbonyl (C=O) groups excluding carboxylic acids is 1. The van der Waals surface area contributed by atoms with E-state index in [9.17, 15) is 9.59 Å². The molecule has 1 amide bonds. The Morgan fingerprint density at radius 2 is 1.40 bits per heavy atom. The number of carbonyl (C=O) groups is 1. The van der Waals surface area contributed by atoms with Crippen molar-refractivity contribution in [1.82, 2.24) is 4.98 Å². The number of hydrogen-bond donors (Lipinski definition) is 2. The van der Waals surface area contributed by atoms with Gasteiger partial charge in [-0.3, -0.25) is 9.59 Å². The normalized spacial score (nSPS) is 10.6. The van der Waals surface area contributed by atoms with E-state index in [-0.39, 0.29) is 10.6 Å². The summed E-state index contributed by atoms with van der Waals surface area (Å²) in [5.41, 5.74) is 3.49. The number of rotatable bonds is 4. The maximum atomic E-state index is 12.5. The Labute approximate surface area is 183 Å². The van der Waals surface area contributed by atoms with E-state index in [2.05, 4.69) is 10.3 Å². The van der Waals surface area contributed by atoms with E-state index in [1.807, 2.05) is 54.6 Å². The van der Waals surface area contributed by atoms with E-state index >= 15 is 0 Å². The zero-order valence-electron chi connectivity index (χ0n) is 15.7. The minimum atomic E-state index is -0.564. The van der Waals surface area contributed by atoms with Crippen molar-refractivity contribution in [2.75, 3.05) is 5.32 Å². The number of H-pyrrole nitrogens is 1. The van der Waals surface area contributed by atoms with E-state index in [1.54, 1.807) is 24.3 Å². The van der Waals surface area contributed by atoms with Crippen LogP contribution in [0.4, 0.5) is 5.69 Å². The third-order valence-electron chi connectivity index (χ3n) is 4.66. The van der Waals surface area contributed by atoms with Gasteiger partial charge in [0, 0.05) is 5.69 Å². The number of amides is 1. The van der Waals surface area contributed by atoms with Crippen molar-refractivity contribution in [3.63, 3.8) is 0 Å². The topological polar surface area (TPSA) is 62.0 Å². The van der Waals surface area contributed by atoms with E-state index in [1.165, 1.54) is 6.07 Å². The van der Waals surface area contributed by atoms with Crippen LogP contribution in [-0.2, 0) is 0 Å². The molecule has 6 heteroatoms. The van der Waals surface area contributed by atoms with Gasteiger partial charge in [-0.05, 0) is 41.0 Å². The van der Waals surface area contributed by atoms with Crippen LogP contribution in [0.3, 0.4) is 0 Å². The van der Waals surface area contributed by atoms with Crippen LogP contribution in [-0.4, -0.2) is 10.9 Å². The first-order chi connectivity index (χ1) is 14.5. The van der Waals surface area contributed by atoms with Crippen molar-refractivity contribution >= 4 is 34.8 Å². The van der Waals surface area contributed by atoms with E-state index in [0.717, 1.165) is 16.7 Å². The average molecular weight is 435 g/mol. The van der Waals surface area contributed by atoms with E-state index in [0.29, 0.717) is 16.4 Å². The van der Waals surface area contributed by atoms with Crippen LogP contribution in [0.25, 0.3) is 22.4 Å². The molecule has 0 atom stereocenters. The molecule has 0 radical (unpaired) electrons. The quantitative estimate of drug-likeness (QED) is 0.397. The number of anilines is 1. The van der Waals surface area contributed by atoms with Crippen LogP contribution in [0.15, 0.2) is 89.7 Å². The highest BCUT2D eigenvalue weighted by molar-refractivity contribution is 6.44. The first kappa shape index (κ1) is 20.0. The molecule has 4 nitrogen and oxygen atoms in total. The summed E-state index contributed by atoms with van der Waals surface area (Å²) in [4.78, 5) is 27.8. The summed E-state index contributed by atoms with van der Waals surface area (Å²) in [6.45, 7) is 0. The van der Waals surface area contributed by atoms with Gasteiger partial charge in [-0.25, -0.2) is 0 Å². The zero-order valence-corrected chi connectivity index (χ0v) is 17.2. The lowest BCUT2D eigenvalue weighted by Gasteiger charge is -2.09. The third-order valence-corrected chi connectivity index (χ3v) is 5.48. The molecule has 0 unspecified atom stereocenters. The Morgan fingerprint density at radius 3 is 2.10 bits per heavy atom. The summed E-state index contributed by atoms with van der Waals surface area (Å²) in [5.74, 6) is -0.564. The van der Waals surface area contributed by atoms with E-state index < -0.39 is 11.5 Å². The summed E-state index contributed by atoms with van der Waals surface area (Å²) < 4.78 is 0. The maximum absolute atomic E-state index is 12.5. The standard InChI is InChI=1S/C24H16Cl2N2O2/c25-19-7-4-8-21(22(19)26)28-24(30)18-13-14-20(27-23(18)29)17-11-9-16(10-12-17)15-5-2-1-3-6-15/h1-14H,(H,27,29)(H,28,30). The van der Waals surface area contributed by atoms with Crippen LogP contribution in [0.2, 0.25) is 10.0 Å². The van der Waals surface area contributed by atoms with E-state index in [4.69, 9.17) is 23.2 Å². The molecule has 0 fully saturated rings. The number of benzene rings is 3. The summed E-state index contributed by atoms with van der Waals surface area (Å²) in [6, 6.07) is 26.0. The molecule has 0 spiro atoms. The number of nitrogens with one attached hydrogen (secondary N) is 2. The fraction of sp³-hybridized carbons (Fsp3) is 0. The van der Waals surface area contributed by atoms with Crippen molar-refractivity contribution in [3.8, 4) is 22.4 Å². The van der Waals surface area contributed by atoms with Crippen molar-refractivity contribution in [2.24, 2.45) is 0 Å². The molecule has 0 aliphatic rings. The Hall–Kier alpha value is -3.34. The lowest BCUT2D eigenvalue weighted by molar-refractivity contribution is 0.102. The van der Waals surface area contributed by atoms with Crippen LogP contribution in [0, 0.1) is 0 Å². The minimum absolute atomic E-state index is 0.0179. The first-order valence-electron chi connectivity index (χ1n) is 9.17. The van der Waals surface area contributed by atoms with Crippen LogP contribution in [0.5, 0.6) is 0 Å². The Balaban J connectivity index is 1.56. The van der Waals surface area contributed by atoms with Gasteiger partial charge in [0.1, 0.15) is 5.56 Å². The number of pyridine rings is 1. The molecule has 0 bridgehead atoms. The van der Waals surface area contributed by atoms with Crippen molar-refractivity contribution in [3.05, 3.63) is 111 Å². The number of halogens is 2. The van der Waals surface area contributed by atoms with Crippen molar-refractivity contribution in [1.29, 1.82) is 0 Å². The lowest BCUT2D eigenvalue weighted by atomic mass is 10.0. The van der Waals surface area contributed by atoms with Gasteiger partial charge >= 0.3 is 0 Å². The predicted octanol–water partition coefficient (Wildman–Crippen LogP) is 6.27. The van der Waals surface area contributed by atoms with Crippen LogP contribution < -0.4 is 10.9 Å². The highest BCUT2D eigenvalue weighted by Crippen LogP contribution is 2.29. The smallest absolute Gasteiger partial charge is 0.261 e. The SMILES string of the molecule is O=C(Nc1cccc(Cl)c1Cl)c1ccc(-c2ccc(-c3ccccc3)cc2)[nH]c1=O. The fourth-order valence-electron chi connectivity index (χ4n) is 3.08. The number of aromatic amines is 1. The molecular formula is C24H16Cl2N2O2. The number of hydrogen-bond acceptors (Lipinski definition) is 2. The fourth-order valence-corrected chi connectivity index (χ4v) is 3.43. The van der Waals surface area contributed by atoms with Gasteiger partial charge in [0.2, 0.25) is 0 Å². The molecule has 0 saturated heterocycles. The molecular weight excluding hydrogens is 419 g/mol. The van der Waals surface area contributed by atoms with Gasteiger partial charge in [0.05, 0.1) is 15.7 Å². The predicted molar refractivity (Wildman–Crippen MR) is 122 cm³/mol. The molecule has 0 saturated carbocycles. The third kappa shape index (κ3) is 4.15. The first-order valence-corrected chi connectivity index (χ1v) is 9.93. The molecule has 2 N–H and O–H groups in total. The molecule has 1 heterocycles. The van der Waals surface area contributed by atoms with Gasteiger partial charge in [0.25, 0.3) is 11.5 Å². The average Bonchev–Trinajstić information content (AvgIpc) is 2.77. The number of aromatic nitrogens is 1. The van der Waals surface area contributed by atoms with Gasteiger partial charge in [0.15, 0.2) is 0 Å². The molecule has 0 aliphatic heterocycles. The van der Waals surface area contributed by atoms with Gasteiger partial charge in [-0.15, -0.1) is 0 Å². The second kappa shape index (κ2) is 8.57. The van der Waals surface area contributed by atoms with Gasteiger partial charge < -0.3 is 10.3 Å². The lowest BCUT2D eigenvalue weighted by Crippen LogP contribution is -2.23. The maximum Gasteiger partial charge on any atom is 0.261 e. The largest absolute Gasteiger partial charge is 0.321 e. The second-order valence-electron chi connectivity index (χ2n) is 6.61. The van der Waals surface area contributed by atoms with Gasteiger partial charge in [-0.1, -0.05) is 83.9 Å². The molecule has 148 valence electrons. The van der Waals surface area contributed by atoms with Crippen molar-refractivity contribution in [2.45, 2.75) is 0 Å². The summed E-state index contributed by atoms with van der Waals surface area (Å²) >= 11 is 12.1. The monoisotopic (exact) mass is 434 g/mol. The van der Waals surface area contributed by atoms with Crippen LogP contribution in [0.1, 0.15) is 10.4 Å². The zero-order chi connectivity index (χ0) is 21.1. The minimum Gasteiger partial charge on any atom is -0.321 e. The molecule has 0 aliphatic carbocycles. The van der Waals surface area contributed by atoms with Crippen molar-refractivity contribution < 1.29 is 4.79 Å². The molecule has 3 aromatic carbocycles. The highest BCUT2D eigenvalue weighted by atomic mass is 35.5. The second-order valence-corrected chi connectivity index (χ2v) is 7.40. The Morgan fingerprint density at radius 1 is 0.733 bits per heavy atom. The molecule has 4 aromatic rings. The molecule has 1 aromatic heterocycles. The molecule has 4 rings (SSSR count). The Kier molecular flexibility index (Phi) is 5.70. The van der Waals surface area contributed by atoms with Crippen LogP contribution >= 0.6 is 23.2 Å². The summed E-state index contributed by atoms with van der Waals surface area (Å²) in [6.07, 6.45) is 0. The van der Waals surface area contributed by atoms with Gasteiger partial charge in [-0.2, -0.15) is 0 Å².